The minimum absolute atomic E-state index is 0.192. The quantitative estimate of drug-likeness (QED) is 0.721. The molecule has 0 unspecified atom stereocenters. The molecule has 98 valence electrons. The number of piperazine rings is 1. The minimum Gasteiger partial charge on any atom is -0.304 e. The maximum absolute atomic E-state index is 12.5. The molecular weight excluding hydrogens is 240 g/mol. The molecule has 0 aromatic heterocycles. The Kier molecular flexibility index (Phi) is 3.31. The minimum atomic E-state index is -3.45. The van der Waals surface area contributed by atoms with E-state index in [2.05, 4.69) is 4.90 Å². The molecule has 0 amide bonds. The average Bonchev–Trinajstić information content (AvgIpc) is 2.14. The van der Waals surface area contributed by atoms with Crippen LogP contribution >= 0.6 is 0 Å². The summed E-state index contributed by atoms with van der Waals surface area (Å²) in [5, 5.41) is 0. The Morgan fingerprint density at radius 3 is 2.00 bits per heavy atom. The number of likely N-dealkylation sites (N-methyl/N-ethyl adjacent to an activating group) is 1. The molecular formula is C11H20N2O3S. The van der Waals surface area contributed by atoms with Crippen LogP contribution in [0.4, 0.5) is 0 Å². The Morgan fingerprint density at radius 1 is 1.12 bits per heavy atom. The second-order valence-corrected chi connectivity index (χ2v) is 7.36. The summed E-state index contributed by atoms with van der Waals surface area (Å²) in [6, 6.07) is 0. The first-order valence-corrected chi connectivity index (χ1v) is 7.53. The highest BCUT2D eigenvalue weighted by molar-refractivity contribution is 7.91. The van der Waals surface area contributed by atoms with E-state index in [9.17, 15) is 13.2 Å². The van der Waals surface area contributed by atoms with Gasteiger partial charge in [0.25, 0.3) is 0 Å². The van der Waals surface area contributed by atoms with Crippen molar-refractivity contribution in [1.82, 2.24) is 9.21 Å². The molecule has 0 N–H and O–H groups in total. The van der Waals surface area contributed by atoms with E-state index in [4.69, 9.17) is 0 Å². The van der Waals surface area contributed by atoms with Gasteiger partial charge in [0.2, 0.25) is 10.0 Å². The fourth-order valence-electron chi connectivity index (χ4n) is 2.57. The van der Waals surface area contributed by atoms with Crippen LogP contribution in [0.2, 0.25) is 0 Å². The van der Waals surface area contributed by atoms with Crippen molar-refractivity contribution in [2.75, 3.05) is 33.2 Å². The van der Waals surface area contributed by atoms with Crippen LogP contribution in [0.5, 0.6) is 0 Å². The molecule has 0 atom stereocenters. The SMILES string of the molecule is CC(=O)C1(S(=O)(=O)N2CCN(C)CC2)CCC1. The average molecular weight is 260 g/mol. The van der Waals surface area contributed by atoms with Crippen LogP contribution in [-0.4, -0.2) is 61.4 Å². The molecule has 2 aliphatic rings. The molecule has 0 aromatic carbocycles. The third-order valence-electron chi connectivity index (χ3n) is 4.10. The van der Waals surface area contributed by atoms with E-state index in [-0.39, 0.29) is 5.78 Å². The van der Waals surface area contributed by atoms with E-state index < -0.39 is 14.8 Å². The van der Waals surface area contributed by atoms with Gasteiger partial charge in [-0.15, -0.1) is 0 Å². The van der Waals surface area contributed by atoms with Gasteiger partial charge < -0.3 is 4.90 Å². The van der Waals surface area contributed by atoms with Gasteiger partial charge in [0.15, 0.2) is 5.78 Å². The molecule has 6 heteroatoms. The van der Waals surface area contributed by atoms with E-state index in [1.54, 1.807) is 0 Å². The summed E-state index contributed by atoms with van der Waals surface area (Å²) < 4.78 is 25.5. The van der Waals surface area contributed by atoms with Gasteiger partial charge in [0, 0.05) is 26.2 Å². The zero-order valence-electron chi connectivity index (χ0n) is 10.5. The lowest BCUT2D eigenvalue weighted by atomic mass is 9.81. The number of carbonyl (C=O) groups is 1. The highest BCUT2D eigenvalue weighted by atomic mass is 32.2. The number of ketones is 1. The number of rotatable bonds is 3. The van der Waals surface area contributed by atoms with Gasteiger partial charge in [-0.25, -0.2) is 8.42 Å². The zero-order valence-corrected chi connectivity index (χ0v) is 11.3. The predicted octanol–water partition coefficient (Wildman–Crippen LogP) is 0.0753. The molecule has 17 heavy (non-hydrogen) atoms. The predicted molar refractivity (Wildman–Crippen MR) is 65.3 cm³/mol. The molecule has 2 fully saturated rings. The Hall–Kier alpha value is -0.460. The van der Waals surface area contributed by atoms with E-state index in [0.29, 0.717) is 25.9 Å². The Morgan fingerprint density at radius 2 is 1.65 bits per heavy atom. The third kappa shape index (κ3) is 1.92. The van der Waals surface area contributed by atoms with Crippen molar-refractivity contribution in [2.45, 2.75) is 30.9 Å². The highest BCUT2D eigenvalue weighted by Crippen LogP contribution is 2.42. The van der Waals surface area contributed by atoms with Gasteiger partial charge in [-0.3, -0.25) is 4.79 Å². The highest BCUT2D eigenvalue weighted by Gasteiger charge is 2.55. The fourth-order valence-corrected chi connectivity index (χ4v) is 4.87. The maximum Gasteiger partial charge on any atom is 0.227 e. The van der Waals surface area contributed by atoms with Gasteiger partial charge in [-0.1, -0.05) is 0 Å². The van der Waals surface area contributed by atoms with E-state index >= 15 is 0 Å². The second-order valence-electron chi connectivity index (χ2n) is 5.11. The standard InChI is InChI=1S/C11H20N2O3S/c1-10(14)11(4-3-5-11)17(15,16)13-8-6-12(2)7-9-13/h3-9H2,1-2H3. The van der Waals surface area contributed by atoms with E-state index in [1.165, 1.54) is 11.2 Å². The molecule has 5 nitrogen and oxygen atoms in total. The van der Waals surface area contributed by atoms with E-state index in [0.717, 1.165) is 19.5 Å². The number of hydrogen-bond donors (Lipinski definition) is 0. The third-order valence-corrected chi connectivity index (χ3v) is 6.83. The Balaban J connectivity index is 2.21. The summed E-state index contributed by atoms with van der Waals surface area (Å²) in [6.45, 7) is 3.91. The Labute approximate surface area is 103 Å². The summed E-state index contributed by atoms with van der Waals surface area (Å²) >= 11 is 0. The van der Waals surface area contributed by atoms with Crippen molar-refractivity contribution in [3.63, 3.8) is 0 Å². The summed E-state index contributed by atoms with van der Waals surface area (Å²) in [7, 11) is -1.47. The number of nitrogens with zero attached hydrogens (tertiary/aromatic N) is 2. The summed E-state index contributed by atoms with van der Waals surface area (Å²) in [5.74, 6) is -0.192. The molecule has 1 heterocycles. The van der Waals surface area contributed by atoms with Crippen molar-refractivity contribution in [3.8, 4) is 0 Å². The largest absolute Gasteiger partial charge is 0.304 e. The lowest BCUT2D eigenvalue weighted by Crippen LogP contribution is -2.60. The van der Waals surface area contributed by atoms with Crippen LogP contribution in [0.3, 0.4) is 0 Å². The first kappa shape index (κ1) is 13.0. The monoisotopic (exact) mass is 260 g/mol. The molecule has 1 saturated heterocycles. The lowest BCUT2D eigenvalue weighted by Gasteiger charge is -2.43. The number of hydrogen-bond acceptors (Lipinski definition) is 4. The number of sulfonamides is 1. The van der Waals surface area contributed by atoms with Crippen LogP contribution in [0.25, 0.3) is 0 Å². The molecule has 2 rings (SSSR count). The van der Waals surface area contributed by atoms with Gasteiger partial charge in [0.05, 0.1) is 0 Å². The Bertz CT molecular complexity index is 406. The van der Waals surface area contributed by atoms with Crippen LogP contribution in [-0.2, 0) is 14.8 Å². The molecule has 0 bridgehead atoms. The summed E-state index contributed by atoms with van der Waals surface area (Å²) in [4.78, 5) is 13.8. The van der Waals surface area contributed by atoms with Crippen LogP contribution in [0, 0.1) is 0 Å². The summed E-state index contributed by atoms with van der Waals surface area (Å²) in [5.41, 5.74) is 0. The maximum atomic E-state index is 12.5. The van der Waals surface area contributed by atoms with Crippen LogP contribution in [0.15, 0.2) is 0 Å². The van der Waals surface area contributed by atoms with Gasteiger partial charge in [0.1, 0.15) is 4.75 Å². The van der Waals surface area contributed by atoms with Crippen LogP contribution < -0.4 is 0 Å². The molecule has 1 saturated carbocycles. The van der Waals surface area contributed by atoms with Crippen molar-refractivity contribution in [2.24, 2.45) is 0 Å². The van der Waals surface area contributed by atoms with Gasteiger partial charge in [-0.05, 0) is 33.2 Å². The van der Waals surface area contributed by atoms with E-state index in [1.807, 2.05) is 7.05 Å². The first-order chi connectivity index (χ1) is 7.90. The molecule has 1 aliphatic carbocycles. The van der Waals surface area contributed by atoms with Crippen molar-refractivity contribution >= 4 is 15.8 Å². The van der Waals surface area contributed by atoms with Gasteiger partial charge >= 0.3 is 0 Å². The summed E-state index contributed by atoms with van der Waals surface area (Å²) in [6.07, 6.45) is 1.83. The first-order valence-electron chi connectivity index (χ1n) is 6.09. The topological polar surface area (TPSA) is 57.7 Å². The second kappa shape index (κ2) is 4.33. The van der Waals surface area contributed by atoms with Crippen molar-refractivity contribution in [1.29, 1.82) is 0 Å². The van der Waals surface area contributed by atoms with Gasteiger partial charge in [-0.2, -0.15) is 4.31 Å². The van der Waals surface area contributed by atoms with Crippen LogP contribution in [0.1, 0.15) is 26.2 Å². The smallest absolute Gasteiger partial charge is 0.227 e. The molecule has 0 spiro atoms. The molecule has 0 aromatic rings. The number of Topliss-reactive ketones (excluding diaryl/α,β-unsaturated/α-hetero) is 1. The van der Waals surface area contributed by atoms with Crippen molar-refractivity contribution in [3.05, 3.63) is 0 Å². The fraction of sp³-hybridized carbons (Fsp3) is 0.909. The zero-order chi connectivity index (χ0) is 12.7. The molecule has 1 aliphatic heterocycles. The lowest BCUT2D eigenvalue weighted by molar-refractivity contribution is -0.121. The normalized spacial score (nSPS) is 26.5. The molecule has 0 radical (unpaired) electrons. The van der Waals surface area contributed by atoms with Crippen molar-refractivity contribution < 1.29 is 13.2 Å². The number of carbonyl (C=O) groups excluding carboxylic acids is 1.